The van der Waals surface area contributed by atoms with Gasteiger partial charge in [0.1, 0.15) is 12.4 Å². The lowest BCUT2D eigenvalue weighted by atomic mass is 10.2. The zero-order valence-corrected chi connectivity index (χ0v) is 7.71. The molecule has 3 N–H and O–H groups in total. The molecule has 0 heterocycles. The summed E-state index contributed by atoms with van der Waals surface area (Å²) in [5.74, 6) is -1.17. The van der Waals surface area contributed by atoms with Crippen molar-refractivity contribution in [3.05, 3.63) is 28.5 Å². The van der Waals surface area contributed by atoms with Gasteiger partial charge in [0.05, 0.1) is 10.6 Å². The molecule has 1 aromatic rings. The Labute approximate surface area is 84.0 Å². The minimum absolute atomic E-state index is 0.161. The maximum absolute atomic E-state index is 13.2. The zero-order chi connectivity index (χ0) is 10.7. The highest BCUT2D eigenvalue weighted by Crippen LogP contribution is 2.26. The fourth-order valence-electron chi connectivity index (χ4n) is 0.863. The lowest BCUT2D eigenvalue weighted by Crippen LogP contribution is -2.13. The predicted octanol–water partition coefficient (Wildman–Crippen LogP) is 1.78. The molecule has 0 unspecified atom stereocenters. The largest absolute Gasteiger partial charge is 0.507 e. The molecule has 14 heavy (non-hydrogen) atoms. The van der Waals surface area contributed by atoms with Crippen molar-refractivity contribution < 1.29 is 19.0 Å². The van der Waals surface area contributed by atoms with Crippen molar-refractivity contribution in [2.24, 2.45) is 5.73 Å². The van der Waals surface area contributed by atoms with Crippen molar-refractivity contribution in [3.8, 4) is 5.75 Å². The fraction of sp³-hybridized carbons (Fsp3) is 0.125. The van der Waals surface area contributed by atoms with Crippen LogP contribution >= 0.6 is 11.6 Å². The Morgan fingerprint density at radius 3 is 2.86 bits per heavy atom. The molecule has 0 fully saturated rings. The van der Waals surface area contributed by atoms with Gasteiger partial charge in [-0.2, -0.15) is 0 Å². The number of carbonyl (C=O) groups is 1. The van der Waals surface area contributed by atoms with Crippen LogP contribution in [0.3, 0.4) is 0 Å². The summed E-state index contributed by atoms with van der Waals surface area (Å²) in [6, 6.07) is 2.39. The molecule has 0 aliphatic heterocycles. The van der Waals surface area contributed by atoms with E-state index in [1.807, 2.05) is 0 Å². The summed E-state index contributed by atoms with van der Waals surface area (Å²) in [5, 5.41) is 9.04. The molecule has 6 heteroatoms. The van der Waals surface area contributed by atoms with Gasteiger partial charge in [-0.05, 0) is 12.1 Å². The molecule has 0 spiro atoms. The first kappa shape index (κ1) is 10.6. The van der Waals surface area contributed by atoms with Crippen LogP contribution in [0.5, 0.6) is 5.75 Å². The van der Waals surface area contributed by atoms with Gasteiger partial charge in [0.2, 0.25) is 0 Å². The summed E-state index contributed by atoms with van der Waals surface area (Å²) in [6.07, 6.45) is -1.05. The van der Waals surface area contributed by atoms with Crippen LogP contribution in [0.1, 0.15) is 5.56 Å². The van der Waals surface area contributed by atoms with Gasteiger partial charge in [-0.3, -0.25) is 0 Å². The third kappa shape index (κ3) is 2.26. The quantitative estimate of drug-likeness (QED) is 0.796. The Hall–Kier alpha value is -1.49. The van der Waals surface area contributed by atoms with Gasteiger partial charge in [0, 0.05) is 0 Å². The highest BCUT2D eigenvalue weighted by molar-refractivity contribution is 6.30. The van der Waals surface area contributed by atoms with E-state index in [-0.39, 0.29) is 16.3 Å². The lowest BCUT2D eigenvalue weighted by molar-refractivity contribution is 0.148. The van der Waals surface area contributed by atoms with Crippen molar-refractivity contribution in [2.45, 2.75) is 6.61 Å². The van der Waals surface area contributed by atoms with Crippen LogP contribution in [0, 0.1) is 5.82 Å². The first-order chi connectivity index (χ1) is 6.52. The number of phenols is 1. The summed E-state index contributed by atoms with van der Waals surface area (Å²) in [4.78, 5) is 10.2. The van der Waals surface area contributed by atoms with Gasteiger partial charge in [0.25, 0.3) is 0 Å². The van der Waals surface area contributed by atoms with Crippen molar-refractivity contribution in [3.63, 3.8) is 0 Å². The topological polar surface area (TPSA) is 72.6 Å². The molecule has 1 rings (SSSR count). The minimum Gasteiger partial charge on any atom is -0.507 e. The van der Waals surface area contributed by atoms with Gasteiger partial charge < -0.3 is 15.6 Å². The number of amides is 1. The number of primary amides is 1. The second-order valence-corrected chi connectivity index (χ2v) is 2.87. The molecule has 0 aromatic heterocycles. The van der Waals surface area contributed by atoms with Crippen LogP contribution in [-0.4, -0.2) is 11.2 Å². The van der Waals surface area contributed by atoms with E-state index in [0.717, 1.165) is 0 Å². The third-order valence-electron chi connectivity index (χ3n) is 1.53. The molecule has 76 valence electrons. The van der Waals surface area contributed by atoms with Gasteiger partial charge in [0.15, 0.2) is 5.82 Å². The molecular formula is C8H7ClFNO3. The molecular weight excluding hydrogens is 213 g/mol. The Morgan fingerprint density at radius 1 is 1.64 bits per heavy atom. The standard InChI is InChI=1S/C8H7ClFNO3/c9-5-1-2-6(12)4(7(5)10)3-14-8(11)13/h1-2,12H,3H2,(H2,11,13). The van der Waals surface area contributed by atoms with E-state index in [1.165, 1.54) is 12.1 Å². The molecule has 0 radical (unpaired) electrons. The molecule has 1 aromatic carbocycles. The van der Waals surface area contributed by atoms with Crippen LogP contribution in [0.2, 0.25) is 5.02 Å². The molecule has 0 bridgehead atoms. The smallest absolute Gasteiger partial charge is 0.404 e. The van der Waals surface area contributed by atoms with Gasteiger partial charge in [-0.15, -0.1) is 0 Å². The van der Waals surface area contributed by atoms with E-state index in [0.29, 0.717) is 0 Å². The number of carbonyl (C=O) groups excluding carboxylic acids is 1. The number of aromatic hydroxyl groups is 1. The molecule has 0 saturated carbocycles. The van der Waals surface area contributed by atoms with E-state index in [9.17, 15) is 14.3 Å². The van der Waals surface area contributed by atoms with E-state index in [2.05, 4.69) is 10.5 Å². The van der Waals surface area contributed by atoms with Crippen molar-refractivity contribution >= 4 is 17.7 Å². The SMILES string of the molecule is NC(=O)OCc1c(O)ccc(Cl)c1F. The number of hydrogen-bond donors (Lipinski definition) is 2. The summed E-state index contributed by atoms with van der Waals surface area (Å²) >= 11 is 5.44. The van der Waals surface area contributed by atoms with Crippen LogP contribution in [-0.2, 0) is 11.3 Å². The normalized spacial score (nSPS) is 9.86. The van der Waals surface area contributed by atoms with Crippen molar-refractivity contribution in [1.29, 1.82) is 0 Å². The summed E-state index contributed by atoms with van der Waals surface area (Å²) in [5.41, 5.74) is 4.48. The van der Waals surface area contributed by atoms with Crippen molar-refractivity contribution in [2.75, 3.05) is 0 Å². The van der Waals surface area contributed by atoms with Crippen LogP contribution in [0.25, 0.3) is 0 Å². The first-order valence-corrected chi connectivity index (χ1v) is 3.98. The lowest BCUT2D eigenvalue weighted by Gasteiger charge is -2.06. The predicted molar refractivity (Wildman–Crippen MR) is 47.4 cm³/mol. The fourth-order valence-corrected chi connectivity index (χ4v) is 1.04. The zero-order valence-electron chi connectivity index (χ0n) is 6.96. The number of ether oxygens (including phenoxy) is 1. The molecule has 0 aliphatic carbocycles. The summed E-state index contributed by atoms with van der Waals surface area (Å²) in [7, 11) is 0. The second kappa shape index (κ2) is 4.15. The first-order valence-electron chi connectivity index (χ1n) is 3.60. The van der Waals surface area contributed by atoms with E-state index in [1.54, 1.807) is 0 Å². The Kier molecular flexibility index (Phi) is 3.14. The second-order valence-electron chi connectivity index (χ2n) is 2.47. The number of phenolic OH excluding ortho intramolecular Hbond substituents is 1. The summed E-state index contributed by atoms with van der Waals surface area (Å²) in [6.45, 7) is -0.451. The molecule has 4 nitrogen and oxygen atoms in total. The van der Waals surface area contributed by atoms with E-state index < -0.39 is 18.5 Å². The average Bonchev–Trinajstić information content (AvgIpc) is 2.11. The average molecular weight is 220 g/mol. The monoisotopic (exact) mass is 219 g/mol. The Balaban J connectivity index is 2.95. The van der Waals surface area contributed by atoms with Crippen LogP contribution in [0.4, 0.5) is 9.18 Å². The number of nitrogens with two attached hydrogens (primary N) is 1. The van der Waals surface area contributed by atoms with Gasteiger partial charge >= 0.3 is 6.09 Å². The molecule has 1 amide bonds. The molecule has 0 saturated heterocycles. The maximum Gasteiger partial charge on any atom is 0.404 e. The highest BCUT2D eigenvalue weighted by Gasteiger charge is 2.12. The van der Waals surface area contributed by atoms with E-state index in [4.69, 9.17) is 11.6 Å². The molecule has 0 atom stereocenters. The van der Waals surface area contributed by atoms with Gasteiger partial charge in [-0.25, -0.2) is 9.18 Å². The Bertz CT molecular complexity index is 370. The number of hydrogen-bond acceptors (Lipinski definition) is 3. The van der Waals surface area contributed by atoms with Crippen LogP contribution in [0.15, 0.2) is 12.1 Å². The van der Waals surface area contributed by atoms with Crippen LogP contribution < -0.4 is 5.73 Å². The van der Waals surface area contributed by atoms with E-state index >= 15 is 0 Å². The number of benzene rings is 1. The van der Waals surface area contributed by atoms with Gasteiger partial charge in [-0.1, -0.05) is 11.6 Å². The summed E-state index contributed by atoms with van der Waals surface area (Å²) < 4.78 is 17.5. The number of halogens is 2. The Morgan fingerprint density at radius 2 is 2.29 bits per heavy atom. The minimum atomic E-state index is -1.05. The highest BCUT2D eigenvalue weighted by atomic mass is 35.5. The van der Waals surface area contributed by atoms with Crippen molar-refractivity contribution in [1.82, 2.24) is 0 Å². The number of rotatable bonds is 2. The maximum atomic E-state index is 13.2. The third-order valence-corrected chi connectivity index (χ3v) is 1.82. The molecule has 0 aliphatic rings.